The van der Waals surface area contributed by atoms with Crippen molar-refractivity contribution in [2.75, 3.05) is 0 Å². The van der Waals surface area contributed by atoms with Gasteiger partial charge in [-0.1, -0.05) is 17.8 Å². The lowest BCUT2D eigenvalue weighted by Gasteiger charge is -2.04. The molecule has 19 heavy (non-hydrogen) atoms. The van der Waals surface area contributed by atoms with Crippen LogP contribution in [0, 0.1) is 9.39 Å². The molecule has 0 amide bonds. The van der Waals surface area contributed by atoms with Gasteiger partial charge in [0.25, 0.3) is 0 Å². The first-order valence-electron chi connectivity index (χ1n) is 5.69. The minimum absolute atomic E-state index is 0.215. The fraction of sp³-hybridized carbons (Fsp3) is 0. The summed E-state index contributed by atoms with van der Waals surface area (Å²) in [7, 11) is 0. The van der Waals surface area contributed by atoms with Gasteiger partial charge in [-0.2, -0.15) is 0 Å². The average Bonchev–Trinajstić information content (AvgIpc) is 2.38. The normalized spacial score (nSPS) is 10.8. The monoisotopic (exact) mass is 381 g/mol. The summed E-state index contributed by atoms with van der Waals surface area (Å²) < 4.78 is 14.3. The first kappa shape index (κ1) is 12.9. The molecule has 0 saturated carbocycles. The smallest absolute Gasteiger partial charge is 0.124 e. The van der Waals surface area contributed by atoms with Crippen molar-refractivity contribution < 1.29 is 4.39 Å². The number of benzene rings is 2. The van der Waals surface area contributed by atoms with Crippen molar-refractivity contribution in [1.29, 1.82) is 0 Å². The van der Waals surface area contributed by atoms with E-state index in [2.05, 4.69) is 39.7 Å². The van der Waals surface area contributed by atoms with Crippen molar-refractivity contribution >= 4 is 45.3 Å². The van der Waals surface area contributed by atoms with Gasteiger partial charge in [-0.05, 0) is 65.1 Å². The van der Waals surface area contributed by atoms with Gasteiger partial charge in [0.05, 0.1) is 5.52 Å². The molecule has 94 valence electrons. The van der Waals surface area contributed by atoms with E-state index >= 15 is 0 Å². The van der Waals surface area contributed by atoms with Gasteiger partial charge in [0.2, 0.25) is 0 Å². The number of halogens is 2. The minimum atomic E-state index is -0.215. The number of hydrogen-bond donors (Lipinski definition) is 0. The second kappa shape index (κ2) is 5.46. The molecular formula is C15H9FINS. The summed E-state index contributed by atoms with van der Waals surface area (Å²) in [6, 6.07) is 14.8. The summed E-state index contributed by atoms with van der Waals surface area (Å²) in [5.41, 5.74) is 0.976. The summed E-state index contributed by atoms with van der Waals surface area (Å²) >= 11 is 3.80. The third kappa shape index (κ3) is 3.06. The Bertz CT molecular complexity index is 745. The van der Waals surface area contributed by atoms with Crippen LogP contribution in [0.4, 0.5) is 4.39 Å². The van der Waals surface area contributed by atoms with Gasteiger partial charge in [-0.25, -0.2) is 4.39 Å². The maximum Gasteiger partial charge on any atom is 0.124 e. The quantitative estimate of drug-likeness (QED) is 0.571. The lowest BCUT2D eigenvalue weighted by Crippen LogP contribution is -1.82. The maximum atomic E-state index is 13.1. The summed E-state index contributed by atoms with van der Waals surface area (Å²) in [5.74, 6) is -0.215. The highest BCUT2D eigenvalue weighted by atomic mass is 127. The molecule has 1 aromatic heterocycles. The van der Waals surface area contributed by atoms with Crippen LogP contribution >= 0.6 is 34.4 Å². The fourth-order valence-electron chi connectivity index (χ4n) is 1.80. The van der Waals surface area contributed by atoms with Crippen LogP contribution in [0.25, 0.3) is 10.9 Å². The number of fused-ring (bicyclic) bond motifs is 1. The molecule has 0 radical (unpaired) electrons. The van der Waals surface area contributed by atoms with E-state index in [1.807, 2.05) is 24.4 Å². The Morgan fingerprint density at radius 3 is 2.74 bits per heavy atom. The maximum absolute atomic E-state index is 13.1. The van der Waals surface area contributed by atoms with Crippen LogP contribution in [0.15, 0.2) is 64.5 Å². The molecule has 4 heteroatoms. The van der Waals surface area contributed by atoms with Crippen LogP contribution in [0.1, 0.15) is 0 Å². The first-order chi connectivity index (χ1) is 9.20. The van der Waals surface area contributed by atoms with Gasteiger partial charge in [0.1, 0.15) is 5.82 Å². The molecule has 1 nitrogen and oxygen atoms in total. The molecule has 0 aliphatic carbocycles. The highest BCUT2D eigenvalue weighted by molar-refractivity contribution is 14.1. The third-order valence-corrected chi connectivity index (χ3v) is 4.27. The highest BCUT2D eigenvalue weighted by Crippen LogP contribution is 2.29. The highest BCUT2D eigenvalue weighted by Gasteiger charge is 2.02. The van der Waals surface area contributed by atoms with E-state index in [-0.39, 0.29) is 5.82 Å². The zero-order valence-corrected chi connectivity index (χ0v) is 12.8. The molecule has 3 aromatic rings. The Balaban J connectivity index is 1.97. The lowest BCUT2D eigenvalue weighted by atomic mass is 10.2. The molecule has 0 bridgehead atoms. The fourth-order valence-corrected chi connectivity index (χ4v) is 3.20. The summed E-state index contributed by atoms with van der Waals surface area (Å²) in [5, 5.41) is 1.10. The van der Waals surface area contributed by atoms with Gasteiger partial charge < -0.3 is 0 Å². The molecule has 3 rings (SSSR count). The second-order valence-corrected chi connectivity index (χ2v) is 6.46. The predicted molar refractivity (Wildman–Crippen MR) is 85.0 cm³/mol. The van der Waals surface area contributed by atoms with Crippen LogP contribution in [-0.4, -0.2) is 4.98 Å². The molecule has 1 heterocycles. The number of aromatic nitrogens is 1. The third-order valence-electron chi connectivity index (χ3n) is 2.65. The number of nitrogens with zero attached hydrogens (tertiary/aromatic N) is 1. The van der Waals surface area contributed by atoms with Crippen LogP contribution in [0.3, 0.4) is 0 Å². The molecule has 0 aliphatic rings. The first-order valence-corrected chi connectivity index (χ1v) is 7.59. The van der Waals surface area contributed by atoms with E-state index in [1.54, 1.807) is 6.07 Å². The number of pyridine rings is 1. The molecular weight excluding hydrogens is 372 g/mol. The number of rotatable bonds is 2. The van der Waals surface area contributed by atoms with Gasteiger partial charge in [-0.15, -0.1) is 0 Å². The van der Waals surface area contributed by atoms with Crippen molar-refractivity contribution in [2.45, 2.75) is 9.79 Å². The number of hydrogen-bond acceptors (Lipinski definition) is 2. The van der Waals surface area contributed by atoms with Gasteiger partial charge in [0.15, 0.2) is 0 Å². The van der Waals surface area contributed by atoms with Crippen LogP contribution in [0.2, 0.25) is 0 Å². The molecule has 0 aliphatic heterocycles. The van der Waals surface area contributed by atoms with Crippen molar-refractivity contribution in [3.63, 3.8) is 0 Å². The van der Waals surface area contributed by atoms with Crippen molar-refractivity contribution in [1.82, 2.24) is 4.98 Å². The largest absolute Gasteiger partial charge is 0.255 e. The molecule has 0 spiro atoms. The van der Waals surface area contributed by atoms with Crippen molar-refractivity contribution in [3.05, 3.63) is 64.1 Å². The topological polar surface area (TPSA) is 12.9 Å². The van der Waals surface area contributed by atoms with E-state index in [4.69, 9.17) is 0 Å². The summed E-state index contributed by atoms with van der Waals surface area (Å²) in [4.78, 5) is 6.32. The zero-order chi connectivity index (χ0) is 13.2. The molecule has 0 unspecified atom stereocenters. The lowest BCUT2D eigenvalue weighted by molar-refractivity contribution is 0.624. The Morgan fingerprint density at radius 1 is 1.00 bits per heavy atom. The molecule has 0 N–H and O–H groups in total. The minimum Gasteiger partial charge on any atom is -0.255 e. The molecule has 0 saturated heterocycles. The van der Waals surface area contributed by atoms with E-state index in [9.17, 15) is 4.39 Å². The van der Waals surface area contributed by atoms with Crippen LogP contribution in [0.5, 0.6) is 0 Å². The van der Waals surface area contributed by atoms with E-state index in [0.29, 0.717) is 0 Å². The predicted octanol–water partition coefficient (Wildman–Crippen LogP) is 5.13. The Hall–Kier alpha value is -1.14. The Morgan fingerprint density at radius 2 is 1.89 bits per heavy atom. The van der Waals surface area contributed by atoms with Crippen LogP contribution < -0.4 is 0 Å². The van der Waals surface area contributed by atoms with E-state index in [1.165, 1.54) is 27.5 Å². The van der Waals surface area contributed by atoms with Gasteiger partial charge >= 0.3 is 0 Å². The van der Waals surface area contributed by atoms with E-state index < -0.39 is 0 Å². The van der Waals surface area contributed by atoms with Crippen LogP contribution in [-0.2, 0) is 0 Å². The molecule has 0 atom stereocenters. The molecule has 0 fully saturated rings. The second-order valence-electron chi connectivity index (χ2n) is 4.07. The Kier molecular flexibility index (Phi) is 3.70. The van der Waals surface area contributed by atoms with Gasteiger partial charge in [-0.3, -0.25) is 4.98 Å². The summed E-state index contributed by atoms with van der Waals surface area (Å²) in [6.07, 6.45) is 1.82. The molecule has 2 aromatic carbocycles. The van der Waals surface area contributed by atoms with E-state index in [0.717, 1.165) is 20.7 Å². The van der Waals surface area contributed by atoms with Crippen molar-refractivity contribution in [3.8, 4) is 0 Å². The Labute approximate surface area is 128 Å². The average molecular weight is 381 g/mol. The van der Waals surface area contributed by atoms with Gasteiger partial charge in [0, 0.05) is 24.9 Å². The summed E-state index contributed by atoms with van der Waals surface area (Å²) in [6.45, 7) is 0. The standard InChI is InChI=1S/C15H9FINS/c16-11-2-1-3-13(8-11)19-14-7-10-6-12(17)4-5-15(10)18-9-14/h1-9H. The van der Waals surface area contributed by atoms with Crippen molar-refractivity contribution in [2.24, 2.45) is 0 Å². The zero-order valence-electron chi connectivity index (χ0n) is 9.81. The SMILES string of the molecule is Fc1cccc(Sc2cnc3ccc(I)cc3c2)c1.